The molecular formula is C20H19FN4O2. The van der Waals surface area contributed by atoms with Crippen LogP contribution in [0.2, 0.25) is 0 Å². The highest BCUT2D eigenvalue weighted by molar-refractivity contribution is 6.02. The van der Waals surface area contributed by atoms with Gasteiger partial charge in [0.15, 0.2) is 0 Å². The van der Waals surface area contributed by atoms with E-state index in [1.165, 1.54) is 24.5 Å². The van der Waals surface area contributed by atoms with Gasteiger partial charge in [-0.05, 0) is 50.2 Å². The van der Waals surface area contributed by atoms with Gasteiger partial charge in [-0.2, -0.15) is 0 Å². The van der Waals surface area contributed by atoms with E-state index in [0.29, 0.717) is 5.82 Å². The number of halogens is 1. The summed E-state index contributed by atoms with van der Waals surface area (Å²) in [5, 5.41) is 5.56. The largest absolute Gasteiger partial charge is 0.491 e. The molecule has 2 N–H and O–H groups in total. The highest BCUT2D eigenvalue weighted by Gasteiger charge is 2.11. The van der Waals surface area contributed by atoms with Gasteiger partial charge >= 0.3 is 0 Å². The van der Waals surface area contributed by atoms with Crippen molar-refractivity contribution >= 4 is 23.1 Å². The molecule has 3 aromatic rings. The molecule has 0 saturated carbocycles. The van der Waals surface area contributed by atoms with Crippen molar-refractivity contribution in [3.63, 3.8) is 0 Å². The summed E-state index contributed by atoms with van der Waals surface area (Å²) in [5.41, 5.74) is 0.989. The Hall–Kier alpha value is -3.48. The lowest BCUT2D eigenvalue weighted by atomic mass is 10.3. The summed E-state index contributed by atoms with van der Waals surface area (Å²) in [5.74, 6) is 0.216. The lowest BCUT2D eigenvalue weighted by molar-refractivity contribution is 0.102. The van der Waals surface area contributed by atoms with Gasteiger partial charge in [0, 0.05) is 5.69 Å². The zero-order chi connectivity index (χ0) is 19.2. The van der Waals surface area contributed by atoms with Crippen molar-refractivity contribution in [2.75, 3.05) is 10.6 Å². The van der Waals surface area contributed by atoms with Gasteiger partial charge in [-0.25, -0.2) is 14.4 Å². The summed E-state index contributed by atoms with van der Waals surface area (Å²) in [4.78, 5) is 20.4. The van der Waals surface area contributed by atoms with Crippen LogP contribution in [0.5, 0.6) is 5.75 Å². The Morgan fingerprint density at radius 2 is 1.78 bits per heavy atom. The number of carbonyl (C=O) groups excluding carboxylic acids is 1. The van der Waals surface area contributed by atoms with E-state index < -0.39 is 11.7 Å². The van der Waals surface area contributed by atoms with Crippen molar-refractivity contribution in [3.05, 3.63) is 72.4 Å². The summed E-state index contributed by atoms with van der Waals surface area (Å²) in [6, 6.07) is 13.4. The third-order valence-electron chi connectivity index (χ3n) is 3.51. The molecule has 3 rings (SSSR count). The number of benzene rings is 2. The van der Waals surface area contributed by atoms with E-state index in [2.05, 4.69) is 20.6 Å². The number of hydrogen-bond donors (Lipinski definition) is 2. The summed E-state index contributed by atoms with van der Waals surface area (Å²) >= 11 is 0. The van der Waals surface area contributed by atoms with E-state index in [1.54, 1.807) is 12.1 Å². The second-order valence-electron chi connectivity index (χ2n) is 6.04. The quantitative estimate of drug-likeness (QED) is 0.676. The molecule has 1 amide bonds. The fourth-order valence-corrected chi connectivity index (χ4v) is 2.30. The van der Waals surface area contributed by atoms with Crippen molar-refractivity contribution in [1.29, 1.82) is 0 Å². The van der Waals surface area contributed by atoms with Crippen LogP contribution < -0.4 is 15.4 Å². The Kier molecular flexibility index (Phi) is 5.61. The van der Waals surface area contributed by atoms with Crippen molar-refractivity contribution in [3.8, 4) is 5.75 Å². The Morgan fingerprint density at radius 1 is 1.04 bits per heavy atom. The van der Waals surface area contributed by atoms with Gasteiger partial charge in [-0.15, -0.1) is 0 Å². The van der Waals surface area contributed by atoms with Crippen LogP contribution in [0.15, 0.2) is 60.9 Å². The number of nitrogens with zero attached hydrogens (tertiary/aromatic N) is 2. The molecular weight excluding hydrogens is 347 g/mol. The third kappa shape index (κ3) is 5.01. The average Bonchev–Trinajstić information content (AvgIpc) is 2.65. The molecule has 0 atom stereocenters. The standard InChI is InChI=1S/C20H19FN4O2/c1-13(2)27-15-9-7-14(8-10-15)24-19-12-22-18(11-23-19)20(26)25-17-6-4-3-5-16(17)21/h3-13H,1-2H3,(H,23,24)(H,25,26). The molecule has 0 unspecified atom stereocenters. The van der Waals surface area contributed by atoms with Crippen LogP contribution >= 0.6 is 0 Å². The van der Waals surface area contributed by atoms with Crippen molar-refractivity contribution in [2.45, 2.75) is 20.0 Å². The number of rotatable bonds is 6. The summed E-state index contributed by atoms with van der Waals surface area (Å²) in [7, 11) is 0. The van der Waals surface area contributed by atoms with Crippen LogP contribution in [0.25, 0.3) is 0 Å². The fraction of sp³-hybridized carbons (Fsp3) is 0.150. The van der Waals surface area contributed by atoms with Crippen LogP contribution in [0.3, 0.4) is 0 Å². The van der Waals surface area contributed by atoms with Crippen molar-refractivity contribution < 1.29 is 13.9 Å². The number of carbonyl (C=O) groups is 1. The van der Waals surface area contributed by atoms with Gasteiger partial charge in [-0.1, -0.05) is 12.1 Å². The molecule has 0 aliphatic rings. The number of ether oxygens (including phenoxy) is 1. The SMILES string of the molecule is CC(C)Oc1ccc(Nc2cnc(C(=O)Nc3ccccc3F)cn2)cc1. The lowest BCUT2D eigenvalue weighted by Gasteiger charge is -2.11. The average molecular weight is 366 g/mol. The molecule has 0 spiro atoms. The summed E-state index contributed by atoms with van der Waals surface area (Å²) < 4.78 is 19.2. The number of hydrogen-bond acceptors (Lipinski definition) is 5. The zero-order valence-electron chi connectivity index (χ0n) is 14.9. The van der Waals surface area contributed by atoms with Gasteiger partial charge in [0.05, 0.1) is 24.2 Å². The topological polar surface area (TPSA) is 76.1 Å². The van der Waals surface area contributed by atoms with Gasteiger partial charge in [0.2, 0.25) is 0 Å². The third-order valence-corrected chi connectivity index (χ3v) is 3.51. The second-order valence-corrected chi connectivity index (χ2v) is 6.04. The van der Waals surface area contributed by atoms with Crippen LogP contribution in [0.4, 0.5) is 21.6 Å². The Balaban J connectivity index is 1.63. The molecule has 0 aliphatic carbocycles. The monoisotopic (exact) mass is 366 g/mol. The van der Waals surface area contributed by atoms with Crippen LogP contribution in [0.1, 0.15) is 24.3 Å². The van der Waals surface area contributed by atoms with Gasteiger partial charge in [0.1, 0.15) is 23.1 Å². The van der Waals surface area contributed by atoms with Gasteiger partial charge in [0.25, 0.3) is 5.91 Å². The Morgan fingerprint density at radius 3 is 2.41 bits per heavy atom. The lowest BCUT2D eigenvalue weighted by Crippen LogP contribution is -2.15. The van der Waals surface area contributed by atoms with Gasteiger partial charge < -0.3 is 15.4 Å². The first-order chi connectivity index (χ1) is 13.0. The minimum atomic E-state index is -0.533. The molecule has 1 heterocycles. The van der Waals surface area contributed by atoms with Gasteiger partial charge in [-0.3, -0.25) is 4.79 Å². The minimum absolute atomic E-state index is 0.0875. The van der Waals surface area contributed by atoms with E-state index >= 15 is 0 Å². The molecule has 7 heteroatoms. The molecule has 6 nitrogen and oxygen atoms in total. The molecule has 0 fully saturated rings. The van der Waals surface area contributed by atoms with E-state index in [9.17, 15) is 9.18 Å². The first-order valence-electron chi connectivity index (χ1n) is 8.43. The number of nitrogens with one attached hydrogen (secondary N) is 2. The molecule has 0 radical (unpaired) electrons. The van der Waals surface area contributed by atoms with Crippen LogP contribution in [-0.2, 0) is 0 Å². The summed E-state index contributed by atoms with van der Waals surface area (Å²) in [6.45, 7) is 3.93. The fourth-order valence-electron chi connectivity index (χ4n) is 2.30. The van der Waals surface area contributed by atoms with Crippen LogP contribution in [0, 0.1) is 5.82 Å². The van der Waals surface area contributed by atoms with Crippen molar-refractivity contribution in [2.24, 2.45) is 0 Å². The number of anilines is 3. The minimum Gasteiger partial charge on any atom is -0.491 e. The van der Waals surface area contributed by atoms with Crippen LogP contribution in [-0.4, -0.2) is 22.0 Å². The highest BCUT2D eigenvalue weighted by Crippen LogP contribution is 2.19. The molecule has 0 aliphatic heterocycles. The summed E-state index contributed by atoms with van der Waals surface area (Å²) in [6.07, 6.45) is 2.88. The number of aromatic nitrogens is 2. The first kappa shape index (κ1) is 18.3. The first-order valence-corrected chi connectivity index (χ1v) is 8.43. The Bertz CT molecular complexity index is 912. The number of amides is 1. The predicted molar refractivity (Wildman–Crippen MR) is 102 cm³/mol. The predicted octanol–water partition coefficient (Wildman–Crippen LogP) is 4.40. The highest BCUT2D eigenvalue weighted by atomic mass is 19.1. The Labute approximate surface area is 156 Å². The zero-order valence-corrected chi connectivity index (χ0v) is 14.9. The molecule has 0 bridgehead atoms. The van der Waals surface area contributed by atoms with E-state index in [4.69, 9.17) is 4.74 Å². The molecule has 138 valence electrons. The second kappa shape index (κ2) is 8.27. The maximum Gasteiger partial charge on any atom is 0.275 e. The molecule has 27 heavy (non-hydrogen) atoms. The normalized spacial score (nSPS) is 10.5. The molecule has 1 aromatic heterocycles. The van der Waals surface area contributed by atoms with E-state index in [-0.39, 0.29) is 17.5 Å². The smallest absolute Gasteiger partial charge is 0.275 e. The number of para-hydroxylation sites is 1. The maximum atomic E-state index is 13.6. The molecule has 0 saturated heterocycles. The maximum absolute atomic E-state index is 13.6. The van der Waals surface area contributed by atoms with Crippen molar-refractivity contribution in [1.82, 2.24) is 9.97 Å². The molecule has 2 aromatic carbocycles. The van der Waals surface area contributed by atoms with E-state index in [1.807, 2.05) is 38.1 Å². The van der Waals surface area contributed by atoms with E-state index in [0.717, 1.165) is 11.4 Å².